The molecule has 0 saturated heterocycles. The SMILES string of the molecule is NOOSOc1ccc(C(=O)c2ccc(OS(N)(=O)=O)cc2)cc1. The molecule has 0 spiro atoms. The third kappa shape index (κ3) is 5.49. The van der Waals surface area contributed by atoms with Crippen molar-refractivity contribution >= 4 is 28.4 Å². The van der Waals surface area contributed by atoms with Crippen molar-refractivity contribution in [1.29, 1.82) is 0 Å². The molecular weight excluding hydrogens is 360 g/mol. The molecule has 0 saturated carbocycles. The molecule has 0 aliphatic heterocycles. The van der Waals surface area contributed by atoms with E-state index in [1.165, 1.54) is 24.3 Å². The molecule has 0 fully saturated rings. The topological polar surface area (TPSA) is 140 Å². The molecule has 0 atom stereocenters. The smallest absolute Gasteiger partial charge is 0.380 e. The van der Waals surface area contributed by atoms with E-state index in [1.807, 2.05) is 0 Å². The lowest BCUT2D eigenvalue weighted by atomic mass is 10.0. The molecule has 0 aliphatic rings. The maximum absolute atomic E-state index is 12.3. The van der Waals surface area contributed by atoms with Gasteiger partial charge in [0.15, 0.2) is 5.78 Å². The lowest BCUT2D eigenvalue weighted by Crippen LogP contribution is -2.18. The Kier molecular flexibility index (Phi) is 6.14. The van der Waals surface area contributed by atoms with Gasteiger partial charge in [0.25, 0.3) is 12.3 Å². The van der Waals surface area contributed by atoms with Crippen molar-refractivity contribution in [2.75, 3.05) is 0 Å². The average molecular weight is 372 g/mol. The summed E-state index contributed by atoms with van der Waals surface area (Å²) in [5, 5.41) is 4.76. The van der Waals surface area contributed by atoms with E-state index in [0.29, 0.717) is 29.2 Å². The second-order valence-corrected chi connectivity index (χ2v) is 5.86. The Morgan fingerprint density at radius 3 is 1.88 bits per heavy atom. The molecule has 9 nitrogen and oxygen atoms in total. The molecule has 0 aromatic heterocycles. The summed E-state index contributed by atoms with van der Waals surface area (Å²) in [6, 6.07) is 11.7. The Hall–Kier alpha value is -2.15. The van der Waals surface area contributed by atoms with Gasteiger partial charge < -0.3 is 8.37 Å². The zero-order valence-corrected chi connectivity index (χ0v) is 13.6. The van der Waals surface area contributed by atoms with Crippen molar-refractivity contribution in [3.8, 4) is 11.5 Å². The fraction of sp³-hybridized carbons (Fsp3) is 0. The summed E-state index contributed by atoms with van der Waals surface area (Å²) in [4.78, 5) is 16.2. The van der Waals surface area contributed by atoms with E-state index < -0.39 is 10.3 Å². The molecule has 2 aromatic carbocycles. The van der Waals surface area contributed by atoms with Crippen LogP contribution in [0, 0.1) is 0 Å². The summed E-state index contributed by atoms with van der Waals surface area (Å²) in [6.45, 7) is 0. The van der Waals surface area contributed by atoms with Crippen LogP contribution in [0.25, 0.3) is 0 Å². The number of hydrogen-bond donors (Lipinski definition) is 2. The Bertz CT molecular complexity index is 792. The maximum Gasteiger partial charge on any atom is 0.380 e. The first-order valence-electron chi connectivity index (χ1n) is 6.23. The van der Waals surface area contributed by atoms with Crippen LogP contribution < -0.4 is 19.4 Å². The summed E-state index contributed by atoms with van der Waals surface area (Å²) < 4.78 is 35.4. The molecule has 0 aliphatic carbocycles. The highest BCUT2D eigenvalue weighted by molar-refractivity contribution is 7.90. The van der Waals surface area contributed by atoms with E-state index in [0.717, 1.165) is 0 Å². The fourth-order valence-corrected chi connectivity index (χ4v) is 2.32. The average Bonchev–Trinajstić information content (AvgIpc) is 2.54. The summed E-state index contributed by atoms with van der Waals surface area (Å²) in [5.74, 6) is 4.82. The molecule has 2 rings (SSSR count). The molecule has 24 heavy (non-hydrogen) atoms. The van der Waals surface area contributed by atoms with Crippen molar-refractivity contribution in [3.63, 3.8) is 0 Å². The Morgan fingerprint density at radius 1 is 0.917 bits per heavy atom. The first kappa shape index (κ1) is 18.2. The van der Waals surface area contributed by atoms with Gasteiger partial charge in [0.05, 0.1) is 0 Å². The molecule has 11 heteroatoms. The van der Waals surface area contributed by atoms with Crippen LogP contribution >= 0.6 is 12.3 Å². The highest BCUT2D eigenvalue weighted by Crippen LogP contribution is 2.20. The summed E-state index contributed by atoms with van der Waals surface area (Å²) >= 11 is 0.518. The van der Waals surface area contributed by atoms with Crippen molar-refractivity contribution in [1.82, 2.24) is 0 Å². The lowest BCUT2D eigenvalue weighted by Gasteiger charge is -2.05. The summed E-state index contributed by atoms with van der Waals surface area (Å²) in [7, 11) is -4.10. The lowest BCUT2D eigenvalue weighted by molar-refractivity contribution is -0.199. The first-order chi connectivity index (χ1) is 11.4. The van der Waals surface area contributed by atoms with Crippen LogP contribution in [-0.4, -0.2) is 14.2 Å². The Labute approximate surface area is 142 Å². The molecular formula is C13H12N2O7S2. The zero-order chi connectivity index (χ0) is 17.6. The number of ketones is 1. The minimum atomic E-state index is -4.10. The van der Waals surface area contributed by atoms with E-state index in [2.05, 4.69) is 19.4 Å². The van der Waals surface area contributed by atoms with Crippen LogP contribution in [-0.2, 0) is 19.6 Å². The van der Waals surface area contributed by atoms with Gasteiger partial charge in [0.1, 0.15) is 11.5 Å². The summed E-state index contributed by atoms with van der Waals surface area (Å²) in [6.07, 6.45) is 0. The molecule has 0 bridgehead atoms. The van der Waals surface area contributed by atoms with Crippen molar-refractivity contribution < 1.29 is 30.9 Å². The third-order valence-electron chi connectivity index (χ3n) is 2.64. The largest absolute Gasteiger partial charge is 0.399 e. The number of carbonyl (C=O) groups excluding carboxylic acids is 1. The van der Waals surface area contributed by atoms with E-state index >= 15 is 0 Å². The number of carbonyl (C=O) groups is 1. The second kappa shape index (κ2) is 8.10. The monoisotopic (exact) mass is 372 g/mol. The van der Waals surface area contributed by atoms with E-state index in [9.17, 15) is 13.2 Å². The zero-order valence-electron chi connectivity index (χ0n) is 11.9. The molecule has 0 radical (unpaired) electrons. The van der Waals surface area contributed by atoms with Crippen LogP contribution in [0.1, 0.15) is 15.9 Å². The normalized spacial score (nSPS) is 11.1. The number of hydrogen-bond acceptors (Lipinski definition) is 9. The molecule has 4 N–H and O–H groups in total. The van der Waals surface area contributed by atoms with Crippen LogP contribution in [0.2, 0.25) is 0 Å². The summed E-state index contributed by atoms with van der Waals surface area (Å²) in [5.41, 5.74) is 0.753. The van der Waals surface area contributed by atoms with Gasteiger partial charge in [-0.05, 0) is 48.5 Å². The van der Waals surface area contributed by atoms with Gasteiger partial charge in [0, 0.05) is 11.1 Å². The van der Waals surface area contributed by atoms with Gasteiger partial charge in [-0.15, -0.1) is 9.32 Å². The van der Waals surface area contributed by atoms with E-state index in [1.54, 1.807) is 24.3 Å². The standard InChI is InChI=1S/C13H12N2O7S2/c14-21-22-23-19-11-5-1-9(2-6-11)13(16)10-3-7-12(8-4-10)20-24(15,17)18/h1-8H,14H2,(H2,15,17,18). The number of benzene rings is 2. The highest BCUT2D eigenvalue weighted by Gasteiger charge is 2.11. The molecule has 0 amide bonds. The number of rotatable bonds is 8. The fourth-order valence-electron chi connectivity index (χ4n) is 1.69. The maximum atomic E-state index is 12.3. The van der Waals surface area contributed by atoms with Gasteiger partial charge in [-0.1, -0.05) is 0 Å². The van der Waals surface area contributed by atoms with Crippen LogP contribution in [0.15, 0.2) is 48.5 Å². The molecule has 2 aromatic rings. The van der Waals surface area contributed by atoms with Gasteiger partial charge in [-0.3, -0.25) is 4.79 Å². The van der Waals surface area contributed by atoms with Crippen LogP contribution in [0.3, 0.4) is 0 Å². The third-order valence-corrected chi connectivity index (χ3v) is 3.46. The molecule has 128 valence electrons. The van der Waals surface area contributed by atoms with Gasteiger partial charge in [-0.2, -0.15) is 19.5 Å². The van der Waals surface area contributed by atoms with Gasteiger partial charge in [-0.25, -0.2) is 0 Å². The predicted octanol–water partition coefficient (Wildman–Crippen LogP) is 1.26. The second-order valence-electron chi connectivity index (χ2n) is 4.27. The molecule has 0 heterocycles. The van der Waals surface area contributed by atoms with Crippen LogP contribution in [0.4, 0.5) is 0 Å². The van der Waals surface area contributed by atoms with E-state index in [4.69, 9.17) is 9.32 Å². The quantitative estimate of drug-likeness (QED) is 0.230. The van der Waals surface area contributed by atoms with Gasteiger partial charge in [0.2, 0.25) is 0 Å². The minimum Gasteiger partial charge on any atom is -0.399 e. The number of nitrogens with two attached hydrogens (primary N) is 2. The minimum absolute atomic E-state index is 0.0111. The highest BCUT2D eigenvalue weighted by atomic mass is 32.2. The van der Waals surface area contributed by atoms with Crippen molar-refractivity contribution in [2.24, 2.45) is 11.0 Å². The van der Waals surface area contributed by atoms with Crippen LogP contribution in [0.5, 0.6) is 11.5 Å². The van der Waals surface area contributed by atoms with Gasteiger partial charge >= 0.3 is 10.3 Å². The Morgan fingerprint density at radius 2 is 1.42 bits per heavy atom. The van der Waals surface area contributed by atoms with E-state index in [-0.39, 0.29) is 11.5 Å². The Balaban J connectivity index is 2.05. The molecule has 0 unspecified atom stereocenters. The van der Waals surface area contributed by atoms with Crippen molar-refractivity contribution in [2.45, 2.75) is 0 Å². The first-order valence-corrected chi connectivity index (χ1v) is 8.36. The van der Waals surface area contributed by atoms with Crippen molar-refractivity contribution in [3.05, 3.63) is 59.7 Å². The predicted molar refractivity (Wildman–Crippen MR) is 84.6 cm³/mol.